The van der Waals surface area contributed by atoms with Crippen molar-refractivity contribution in [2.24, 2.45) is 7.05 Å². The first-order valence-electron chi connectivity index (χ1n) is 9.33. The predicted molar refractivity (Wildman–Crippen MR) is 112 cm³/mol. The van der Waals surface area contributed by atoms with Gasteiger partial charge in [-0.15, -0.1) is 0 Å². The van der Waals surface area contributed by atoms with Crippen LogP contribution >= 0.6 is 11.6 Å². The zero-order valence-corrected chi connectivity index (χ0v) is 16.5. The van der Waals surface area contributed by atoms with Crippen molar-refractivity contribution >= 4 is 17.3 Å². The molecule has 0 spiro atoms. The molecule has 0 unspecified atom stereocenters. The quantitative estimate of drug-likeness (QED) is 0.734. The summed E-state index contributed by atoms with van der Waals surface area (Å²) in [5.41, 5.74) is 2.56. The third-order valence-corrected chi connectivity index (χ3v) is 5.67. The van der Waals surface area contributed by atoms with Crippen LogP contribution in [0, 0.1) is 0 Å². The Kier molecular flexibility index (Phi) is 5.15. The molecule has 28 heavy (non-hydrogen) atoms. The minimum Gasteiger partial charge on any atom is -0.508 e. The first kappa shape index (κ1) is 18.7. The molecular weight excluding hydrogens is 376 g/mol. The van der Waals surface area contributed by atoms with E-state index in [0.29, 0.717) is 6.54 Å². The van der Waals surface area contributed by atoms with Crippen LogP contribution < -0.4 is 10.5 Å². The van der Waals surface area contributed by atoms with Crippen molar-refractivity contribution in [1.29, 1.82) is 0 Å². The molecule has 0 radical (unpaired) electrons. The molecule has 3 aromatic rings. The molecule has 4 rings (SSSR count). The molecule has 1 aliphatic rings. The number of rotatable bonds is 4. The second-order valence-corrected chi connectivity index (χ2v) is 7.39. The molecule has 0 aliphatic carbocycles. The lowest BCUT2D eigenvalue weighted by Crippen LogP contribution is -2.46. The van der Waals surface area contributed by atoms with E-state index in [1.54, 1.807) is 16.8 Å². The van der Waals surface area contributed by atoms with Crippen molar-refractivity contribution in [3.05, 3.63) is 75.7 Å². The van der Waals surface area contributed by atoms with Crippen LogP contribution in [-0.2, 0) is 13.6 Å². The summed E-state index contributed by atoms with van der Waals surface area (Å²) >= 11 is 6.41. The standard InChI is InChI=1S/C21H23ClN4O2/c1-23-19(20(22)21(28)26(23)17-5-3-2-4-6-17)15-24-11-13-25(14-12-24)16-7-9-18(27)10-8-16/h2-10,27H,11-15H2,1H3. The minimum atomic E-state index is -0.187. The molecule has 146 valence electrons. The fourth-order valence-corrected chi connectivity index (χ4v) is 3.95. The van der Waals surface area contributed by atoms with Gasteiger partial charge in [0, 0.05) is 45.5 Å². The molecular formula is C21H23ClN4O2. The van der Waals surface area contributed by atoms with Gasteiger partial charge in [0.2, 0.25) is 0 Å². The van der Waals surface area contributed by atoms with Gasteiger partial charge in [0.15, 0.2) is 0 Å². The Morgan fingerprint density at radius 3 is 2.21 bits per heavy atom. The van der Waals surface area contributed by atoms with E-state index in [2.05, 4.69) is 9.80 Å². The number of benzene rings is 2. The van der Waals surface area contributed by atoms with Crippen LogP contribution in [0.25, 0.3) is 5.69 Å². The number of nitrogens with zero attached hydrogens (tertiary/aromatic N) is 4. The molecule has 1 fully saturated rings. The number of aromatic hydroxyl groups is 1. The van der Waals surface area contributed by atoms with E-state index in [1.165, 1.54) is 0 Å². The number of phenolic OH excluding ortho intramolecular Hbond substituents is 1. The number of phenols is 1. The lowest BCUT2D eigenvalue weighted by molar-refractivity contribution is 0.243. The van der Waals surface area contributed by atoms with Gasteiger partial charge in [-0.25, -0.2) is 4.68 Å². The zero-order chi connectivity index (χ0) is 19.7. The Labute approximate surface area is 168 Å². The summed E-state index contributed by atoms with van der Waals surface area (Å²) in [6, 6.07) is 16.8. The van der Waals surface area contributed by atoms with Crippen molar-refractivity contribution in [1.82, 2.24) is 14.3 Å². The second-order valence-electron chi connectivity index (χ2n) is 7.02. The number of aromatic nitrogens is 2. The van der Waals surface area contributed by atoms with Gasteiger partial charge in [0.1, 0.15) is 10.8 Å². The van der Waals surface area contributed by atoms with E-state index in [4.69, 9.17) is 11.6 Å². The lowest BCUT2D eigenvalue weighted by Gasteiger charge is -2.36. The summed E-state index contributed by atoms with van der Waals surface area (Å²) in [4.78, 5) is 17.3. The van der Waals surface area contributed by atoms with Crippen molar-refractivity contribution in [2.75, 3.05) is 31.1 Å². The van der Waals surface area contributed by atoms with Gasteiger partial charge in [0.05, 0.1) is 11.4 Å². The van der Waals surface area contributed by atoms with Crippen molar-refractivity contribution < 1.29 is 5.11 Å². The number of hydrogen-bond donors (Lipinski definition) is 1. The first-order valence-corrected chi connectivity index (χ1v) is 9.70. The molecule has 0 atom stereocenters. The van der Waals surface area contributed by atoms with E-state index in [0.717, 1.165) is 43.2 Å². The van der Waals surface area contributed by atoms with Gasteiger partial charge in [-0.1, -0.05) is 29.8 Å². The van der Waals surface area contributed by atoms with Crippen LogP contribution in [0.3, 0.4) is 0 Å². The molecule has 0 bridgehead atoms. The van der Waals surface area contributed by atoms with Crippen molar-refractivity contribution in [3.8, 4) is 11.4 Å². The third-order valence-electron chi connectivity index (χ3n) is 5.29. The summed E-state index contributed by atoms with van der Waals surface area (Å²) < 4.78 is 3.47. The van der Waals surface area contributed by atoms with Gasteiger partial charge < -0.3 is 10.0 Å². The van der Waals surface area contributed by atoms with Crippen molar-refractivity contribution in [3.63, 3.8) is 0 Å². The minimum absolute atomic E-state index is 0.187. The number of halogens is 1. The normalized spacial score (nSPS) is 15.1. The largest absolute Gasteiger partial charge is 0.508 e. The zero-order valence-electron chi connectivity index (χ0n) is 15.8. The molecule has 6 nitrogen and oxygen atoms in total. The van der Waals surface area contributed by atoms with Crippen LogP contribution in [0.1, 0.15) is 5.69 Å². The van der Waals surface area contributed by atoms with Crippen LogP contribution in [0.2, 0.25) is 5.02 Å². The van der Waals surface area contributed by atoms with Crippen molar-refractivity contribution in [2.45, 2.75) is 6.54 Å². The number of hydrogen-bond acceptors (Lipinski definition) is 4. The Morgan fingerprint density at radius 1 is 0.929 bits per heavy atom. The molecule has 2 aromatic carbocycles. The average Bonchev–Trinajstić information content (AvgIpc) is 2.93. The predicted octanol–water partition coefficient (Wildman–Crippen LogP) is 2.86. The maximum absolute atomic E-state index is 12.7. The molecule has 1 saturated heterocycles. The molecule has 7 heteroatoms. The maximum Gasteiger partial charge on any atom is 0.290 e. The third kappa shape index (κ3) is 3.53. The van der Waals surface area contributed by atoms with Gasteiger partial charge in [-0.2, -0.15) is 0 Å². The summed E-state index contributed by atoms with van der Waals surface area (Å²) in [5.74, 6) is 0.279. The Balaban J connectivity index is 1.49. The summed E-state index contributed by atoms with van der Waals surface area (Å²) in [6.07, 6.45) is 0. The topological polar surface area (TPSA) is 53.6 Å². The highest BCUT2D eigenvalue weighted by atomic mass is 35.5. The van der Waals surface area contributed by atoms with Gasteiger partial charge in [0.25, 0.3) is 5.56 Å². The Morgan fingerprint density at radius 2 is 1.57 bits per heavy atom. The Hall–Kier alpha value is -2.70. The lowest BCUT2D eigenvalue weighted by atomic mass is 10.2. The summed E-state index contributed by atoms with van der Waals surface area (Å²) in [5, 5.41) is 9.74. The maximum atomic E-state index is 12.7. The van der Waals surface area contributed by atoms with E-state index in [9.17, 15) is 9.90 Å². The van der Waals surface area contributed by atoms with Gasteiger partial charge in [-0.3, -0.25) is 14.4 Å². The van der Waals surface area contributed by atoms with E-state index < -0.39 is 0 Å². The summed E-state index contributed by atoms with van der Waals surface area (Å²) in [6.45, 7) is 4.16. The van der Waals surface area contributed by atoms with E-state index >= 15 is 0 Å². The smallest absolute Gasteiger partial charge is 0.290 e. The second kappa shape index (κ2) is 7.73. The number of para-hydroxylation sites is 1. The van der Waals surface area contributed by atoms with Gasteiger partial charge in [-0.05, 0) is 36.4 Å². The van der Waals surface area contributed by atoms with Crippen LogP contribution in [0.4, 0.5) is 5.69 Å². The highest BCUT2D eigenvalue weighted by Gasteiger charge is 2.22. The van der Waals surface area contributed by atoms with Gasteiger partial charge >= 0.3 is 0 Å². The first-order chi connectivity index (χ1) is 13.5. The average molecular weight is 399 g/mol. The fourth-order valence-electron chi connectivity index (χ4n) is 3.69. The van der Waals surface area contributed by atoms with Crippen LogP contribution in [-0.4, -0.2) is 45.5 Å². The molecule has 1 aliphatic heterocycles. The highest BCUT2D eigenvalue weighted by Crippen LogP contribution is 2.22. The fraction of sp³-hybridized carbons (Fsp3) is 0.286. The summed E-state index contributed by atoms with van der Waals surface area (Å²) in [7, 11) is 1.88. The molecule has 1 aromatic heterocycles. The van der Waals surface area contributed by atoms with Crippen LogP contribution in [0.5, 0.6) is 5.75 Å². The molecule has 0 amide bonds. The number of anilines is 1. The Bertz CT molecular complexity index is 1000. The monoisotopic (exact) mass is 398 g/mol. The van der Waals surface area contributed by atoms with E-state index in [1.807, 2.05) is 54.2 Å². The van der Waals surface area contributed by atoms with Crippen LogP contribution in [0.15, 0.2) is 59.4 Å². The molecule has 0 saturated carbocycles. The van der Waals surface area contributed by atoms with E-state index in [-0.39, 0.29) is 16.3 Å². The molecule has 2 heterocycles. The molecule has 1 N–H and O–H groups in total. The SMILES string of the molecule is Cn1c(CN2CCN(c3ccc(O)cc3)CC2)c(Cl)c(=O)n1-c1ccccc1. The number of piperazine rings is 1. The highest BCUT2D eigenvalue weighted by molar-refractivity contribution is 6.31.